The summed E-state index contributed by atoms with van der Waals surface area (Å²) in [5, 5.41) is 3.26. The van der Waals surface area contributed by atoms with Crippen LogP contribution < -0.4 is 5.73 Å². The van der Waals surface area contributed by atoms with Crippen molar-refractivity contribution in [1.29, 1.82) is 5.53 Å². The number of nitrogen functional groups attached to an aromatic ring is 1. The average molecular weight is 135 g/mol. The molecule has 1 aromatic rings. The van der Waals surface area contributed by atoms with Gasteiger partial charge in [-0.1, -0.05) is 6.07 Å². The molecule has 0 unspecified atom stereocenters. The van der Waals surface area contributed by atoms with Crippen molar-refractivity contribution >= 4 is 11.4 Å². The van der Waals surface area contributed by atoms with Crippen molar-refractivity contribution in [2.75, 3.05) is 5.73 Å². The number of rotatable bonds is 1. The third-order valence-corrected chi connectivity index (χ3v) is 1.31. The van der Waals surface area contributed by atoms with E-state index in [9.17, 15) is 0 Å². The maximum absolute atomic E-state index is 6.73. The smallest absolute Gasteiger partial charge is 0.108 e. The summed E-state index contributed by atoms with van der Waals surface area (Å²) in [4.78, 5) is 0. The highest BCUT2D eigenvalue weighted by molar-refractivity contribution is 5.62. The van der Waals surface area contributed by atoms with Gasteiger partial charge in [-0.25, -0.2) is 5.53 Å². The Balaban J connectivity index is 3.21. The molecular weight excluding hydrogens is 126 g/mol. The van der Waals surface area contributed by atoms with Crippen molar-refractivity contribution in [2.24, 2.45) is 5.11 Å². The maximum Gasteiger partial charge on any atom is 0.108 e. The van der Waals surface area contributed by atoms with Gasteiger partial charge in [-0.15, -0.1) is 0 Å². The SMILES string of the molecule is Cc1ccc(N)c(N=N)c1. The van der Waals surface area contributed by atoms with Crippen LogP contribution in [-0.2, 0) is 0 Å². The van der Waals surface area contributed by atoms with Gasteiger partial charge in [0.25, 0.3) is 0 Å². The number of nitrogens with one attached hydrogen (secondary N) is 1. The first-order valence-corrected chi connectivity index (χ1v) is 2.97. The topological polar surface area (TPSA) is 62.2 Å². The van der Waals surface area contributed by atoms with Gasteiger partial charge in [-0.3, -0.25) is 0 Å². The molecule has 0 atom stereocenters. The predicted molar refractivity (Wildman–Crippen MR) is 40.4 cm³/mol. The van der Waals surface area contributed by atoms with Gasteiger partial charge in [0.05, 0.1) is 5.69 Å². The molecule has 0 spiro atoms. The third kappa shape index (κ3) is 1.13. The number of hydrogen-bond donors (Lipinski definition) is 2. The first-order chi connectivity index (χ1) is 4.74. The first-order valence-electron chi connectivity index (χ1n) is 2.97. The van der Waals surface area contributed by atoms with Crippen molar-refractivity contribution in [3.05, 3.63) is 23.8 Å². The van der Waals surface area contributed by atoms with Gasteiger partial charge in [0.1, 0.15) is 5.69 Å². The van der Waals surface area contributed by atoms with Crippen LogP contribution in [0, 0.1) is 12.5 Å². The van der Waals surface area contributed by atoms with Crippen LogP contribution in [0.4, 0.5) is 11.4 Å². The Labute approximate surface area is 59.4 Å². The van der Waals surface area contributed by atoms with Gasteiger partial charge in [0, 0.05) is 0 Å². The second-order valence-corrected chi connectivity index (χ2v) is 2.17. The Morgan fingerprint density at radius 3 is 2.70 bits per heavy atom. The molecule has 0 aliphatic rings. The van der Waals surface area contributed by atoms with Gasteiger partial charge in [0.15, 0.2) is 0 Å². The Kier molecular flexibility index (Phi) is 1.67. The van der Waals surface area contributed by atoms with Crippen molar-refractivity contribution in [2.45, 2.75) is 6.92 Å². The van der Waals surface area contributed by atoms with E-state index in [1.165, 1.54) is 0 Å². The number of nitrogens with two attached hydrogens (primary N) is 1. The molecule has 1 rings (SSSR count). The van der Waals surface area contributed by atoms with Gasteiger partial charge in [-0.05, 0) is 24.6 Å². The number of aryl methyl sites for hydroxylation is 1. The summed E-state index contributed by atoms with van der Waals surface area (Å²) in [5.74, 6) is 0. The highest BCUT2D eigenvalue weighted by Gasteiger charge is 1.94. The largest absolute Gasteiger partial charge is 0.397 e. The standard InChI is InChI=1S/C7H9N3/c1-5-2-3-6(8)7(4-5)10-9/h2-4,9H,8H2,1H3. The van der Waals surface area contributed by atoms with E-state index in [0.717, 1.165) is 5.56 Å². The molecule has 0 bridgehead atoms. The van der Waals surface area contributed by atoms with Crippen LogP contribution in [0.2, 0.25) is 0 Å². The molecule has 52 valence electrons. The number of benzene rings is 1. The molecule has 0 amide bonds. The monoisotopic (exact) mass is 135 g/mol. The second kappa shape index (κ2) is 2.47. The lowest BCUT2D eigenvalue weighted by molar-refractivity contribution is 1.15. The van der Waals surface area contributed by atoms with Crippen LogP contribution in [0.25, 0.3) is 0 Å². The fourth-order valence-corrected chi connectivity index (χ4v) is 0.751. The molecule has 0 aliphatic carbocycles. The van der Waals surface area contributed by atoms with E-state index in [-0.39, 0.29) is 0 Å². The molecule has 0 aromatic heterocycles. The lowest BCUT2D eigenvalue weighted by Crippen LogP contribution is -1.84. The highest BCUT2D eigenvalue weighted by atomic mass is 15.0. The number of anilines is 1. The second-order valence-electron chi connectivity index (χ2n) is 2.17. The van der Waals surface area contributed by atoms with Crippen molar-refractivity contribution in [1.82, 2.24) is 0 Å². The van der Waals surface area contributed by atoms with Crippen LogP contribution in [0.15, 0.2) is 23.3 Å². The summed E-state index contributed by atoms with van der Waals surface area (Å²) in [5.41, 5.74) is 14.4. The highest BCUT2D eigenvalue weighted by Crippen LogP contribution is 2.21. The molecule has 0 heterocycles. The van der Waals surface area contributed by atoms with E-state index < -0.39 is 0 Å². The summed E-state index contributed by atoms with van der Waals surface area (Å²) in [6.07, 6.45) is 0. The molecule has 0 saturated carbocycles. The first kappa shape index (κ1) is 6.74. The minimum Gasteiger partial charge on any atom is -0.397 e. The Morgan fingerprint density at radius 1 is 1.50 bits per heavy atom. The summed E-state index contributed by atoms with van der Waals surface area (Å²) in [6.45, 7) is 1.94. The van der Waals surface area contributed by atoms with E-state index in [1.54, 1.807) is 12.1 Å². The van der Waals surface area contributed by atoms with Crippen LogP contribution in [0.1, 0.15) is 5.56 Å². The Bertz CT molecular complexity index is 255. The van der Waals surface area contributed by atoms with Gasteiger partial charge in [0.2, 0.25) is 0 Å². The van der Waals surface area contributed by atoms with Gasteiger partial charge >= 0.3 is 0 Å². The summed E-state index contributed by atoms with van der Waals surface area (Å²) >= 11 is 0. The fourth-order valence-electron chi connectivity index (χ4n) is 0.751. The average Bonchev–Trinajstić information content (AvgIpc) is 1.94. The Morgan fingerprint density at radius 2 is 2.20 bits per heavy atom. The minimum absolute atomic E-state index is 0.542. The van der Waals surface area contributed by atoms with E-state index in [4.69, 9.17) is 11.3 Å². The lowest BCUT2D eigenvalue weighted by atomic mass is 10.2. The molecule has 0 aliphatic heterocycles. The molecule has 3 N–H and O–H groups in total. The zero-order valence-electron chi connectivity index (χ0n) is 5.76. The molecule has 0 fully saturated rings. The number of hydrogen-bond acceptors (Lipinski definition) is 3. The van der Waals surface area contributed by atoms with Crippen molar-refractivity contribution in [3.63, 3.8) is 0 Å². The fraction of sp³-hybridized carbons (Fsp3) is 0.143. The van der Waals surface area contributed by atoms with E-state index in [0.29, 0.717) is 11.4 Å². The van der Waals surface area contributed by atoms with E-state index in [2.05, 4.69) is 5.11 Å². The van der Waals surface area contributed by atoms with Crippen LogP contribution in [0.5, 0.6) is 0 Å². The summed E-state index contributed by atoms with van der Waals surface area (Å²) < 4.78 is 0. The Hall–Kier alpha value is -1.38. The normalized spacial score (nSPS) is 9.30. The van der Waals surface area contributed by atoms with Gasteiger partial charge in [-0.2, -0.15) is 5.11 Å². The zero-order chi connectivity index (χ0) is 7.56. The summed E-state index contributed by atoms with van der Waals surface area (Å²) in [7, 11) is 0. The molecule has 3 heteroatoms. The van der Waals surface area contributed by atoms with Crippen LogP contribution >= 0.6 is 0 Å². The molecular formula is C7H9N3. The van der Waals surface area contributed by atoms with E-state index >= 15 is 0 Å². The molecule has 10 heavy (non-hydrogen) atoms. The minimum atomic E-state index is 0.542. The predicted octanol–water partition coefficient (Wildman–Crippen LogP) is 2.24. The van der Waals surface area contributed by atoms with Crippen LogP contribution in [0.3, 0.4) is 0 Å². The lowest BCUT2D eigenvalue weighted by Gasteiger charge is -1.97. The molecule has 3 nitrogen and oxygen atoms in total. The van der Waals surface area contributed by atoms with Crippen molar-refractivity contribution < 1.29 is 0 Å². The quantitative estimate of drug-likeness (QED) is 0.450. The third-order valence-electron chi connectivity index (χ3n) is 1.31. The number of nitrogens with zero attached hydrogens (tertiary/aromatic N) is 1. The summed E-state index contributed by atoms with van der Waals surface area (Å²) in [6, 6.07) is 5.43. The van der Waals surface area contributed by atoms with Gasteiger partial charge < -0.3 is 5.73 Å². The van der Waals surface area contributed by atoms with Crippen LogP contribution in [-0.4, -0.2) is 0 Å². The molecule has 0 radical (unpaired) electrons. The molecule has 0 saturated heterocycles. The zero-order valence-corrected chi connectivity index (χ0v) is 5.76. The van der Waals surface area contributed by atoms with Crippen molar-refractivity contribution in [3.8, 4) is 0 Å². The maximum atomic E-state index is 6.73. The molecule has 1 aromatic carbocycles. The van der Waals surface area contributed by atoms with E-state index in [1.807, 2.05) is 13.0 Å².